The first kappa shape index (κ1) is 29.6. The number of hydrogen-bond acceptors (Lipinski definition) is 16. The number of aliphatic hydroxyl groups is 12. The first-order chi connectivity index (χ1) is 15.9. The van der Waals surface area contributed by atoms with Gasteiger partial charge in [0.2, 0.25) is 0 Å². The van der Waals surface area contributed by atoms with E-state index in [0.29, 0.717) is 0 Å². The average molecular weight is 506 g/mol. The highest BCUT2D eigenvalue weighted by atomic mass is 16.7. The van der Waals surface area contributed by atoms with E-state index in [2.05, 4.69) is 0 Å². The molecule has 14 atom stereocenters. The maximum Gasteiger partial charge on any atom is 0.186 e. The summed E-state index contributed by atoms with van der Waals surface area (Å²) in [6.07, 6.45) is -23.8. The Labute approximate surface area is 193 Å². The maximum absolute atomic E-state index is 10.1. The van der Waals surface area contributed by atoms with Crippen LogP contribution in [-0.2, 0) is 18.9 Å². The van der Waals surface area contributed by atoms with Crippen molar-refractivity contribution >= 4 is 0 Å². The van der Waals surface area contributed by atoms with Crippen molar-refractivity contribution in [2.45, 2.75) is 85.8 Å². The lowest BCUT2D eigenvalue weighted by atomic mass is 9.99. The maximum atomic E-state index is 10.1. The Bertz CT molecular complexity index is 544. The molecule has 0 aliphatic carbocycles. The summed E-state index contributed by atoms with van der Waals surface area (Å²) >= 11 is 0. The van der Waals surface area contributed by atoms with E-state index in [4.69, 9.17) is 29.2 Å². The van der Waals surface area contributed by atoms with Gasteiger partial charge >= 0.3 is 0 Å². The van der Waals surface area contributed by atoms with Gasteiger partial charge in [0.05, 0.1) is 26.4 Å². The lowest BCUT2D eigenvalue weighted by Crippen LogP contribution is -2.60. The summed E-state index contributed by atoms with van der Waals surface area (Å²) in [6.45, 7) is -2.98. The molecule has 0 bridgehead atoms. The summed E-state index contributed by atoms with van der Waals surface area (Å²) in [6, 6.07) is 0. The highest BCUT2D eigenvalue weighted by molar-refractivity contribution is 4.90. The zero-order valence-electron chi connectivity index (χ0n) is 17.9. The summed E-state index contributed by atoms with van der Waals surface area (Å²) in [5.74, 6) is 0. The van der Waals surface area contributed by atoms with Crippen molar-refractivity contribution in [2.24, 2.45) is 0 Å². The van der Waals surface area contributed by atoms with Crippen LogP contribution in [0.4, 0.5) is 0 Å². The van der Waals surface area contributed by atoms with Crippen LogP contribution in [0.2, 0.25) is 0 Å². The fourth-order valence-corrected chi connectivity index (χ4v) is 3.45. The molecule has 0 aromatic heterocycles. The van der Waals surface area contributed by atoms with Crippen LogP contribution in [0.3, 0.4) is 0 Å². The van der Waals surface area contributed by atoms with E-state index in [1.807, 2.05) is 0 Å². The van der Waals surface area contributed by atoms with Crippen molar-refractivity contribution in [1.82, 2.24) is 0 Å². The standard InChI is InChI=1S/C18H34O16/c19-1-7-11(25)13(27)15(29)17(33-7)31-3-5(21)9(23)10(24)6(22)4-32-18-16(30)14(28)12(26)8(2-20)34-18/h5-30H,1-4H2/t5-,6-,7-,8-,9-,10-,11-,12+,13+,14+,15-,16-,17?,18+/m1/s1. The Morgan fingerprint density at radius 2 is 0.853 bits per heavy atom. The smallest absolute Gasteiger partial charge is 0.186 e. The van der Waals surface area contributed by atoms with E-state index in [-0.39, 0.29) is 0 Å². The van der Waals surface area contributed by atoms with Crippen molar-refractivity contribution in [3.63, 3.8) is 0 Å². The van der Waals surface area contributed by atoms with E-state index in [9.17, 15) is 51.1 Å². The Hall–Kier alpha value is -0.640. The van der Waals surface area contributed by atoms with Gasteiger partial charge in [0, 0.05) is 0 Å². The van der Waals surface area contributed by atoms with Gasteiger partial charge in [-0.25, -0.2) is 0 Å². The summed E-state index contributed by atoms with van der Waals surface area (Å²) in [5, 5.41) is 117. The van der Waals surface area contributed by atoms with Crippen LogP contribution in [-0.4, -0.2) is 174 Å². The Morgan fingerprint density at radius 1 is 0.529 bits per heavy atom. The molecular weight excluding hydrogens is 472 g/mol. The predicted octanol–water partition coefficient (Wildman–Crippen LogP) is -7.94. The van der Waals surface area contributed by atoms with E-state index in [1.165, 1.54) is 0 Å². The second-order valence-electron chi connectivity index (χ2n) is 8.18. The van der Waals surface area contributed by atoms with E-state index >= 15 is 0 Å². The first-order valence-electron chi connectivity index (χ1n) is 10.5. The van der Waals surface area contributed by atoms with Crippen LogP contribution >= 0.6 is 0 Å². The summed E-state index contributed by atoms with van der Waals surface area (Å²) in [7, 11) is 0. The third kappa shape index (κ3) is 6.77. The van der Waals surface area contributed by atoms with Gasteiger partial charge in [-0.3, -0.25) is 0 Å². The molecule has 0 radical (unpaired) electrons. The predicted molar refractivity (Wildman–Crippen MR) is 103 cm³/mol. The molecular formula is C18H34O16. The van der Waals surface area contributed by atoms with Gasteiger partial charge < -0.3 is 80.2 Å². The van der Waals surface area contributed by atoms with E-state index < -0.39 is 112 Å². The number of rotatable bonds is 11. The number of ether oxygens (including phenoxy) is 4. The molecule has 16 heteroatoms. The second kappa shape index (κ2) is 13.1. The molecule has 34 heavy (non-hydrogen) atoms. The summed E-state index contributed by atoms with van der Waals surface area (Å²) in [5.41, 5.74) is 0. The van der Waals surface area contributed by atoms with Crippen LogP contribution in [0.1, 0.15) is 0 Å². The quantitative estimate of drug-likeness (QED) is 0.124. The molecule has 2 heterocycles. The van der Waals surface area contributed by atoms with Crippen LogP contribution in [0, 0.1) is 0 Å². The normalized spacial score (nSPS) is 42.7. The van der Waals surface area contributed by atoms with E-state index in [0.717, 1.165) is 0 Å². The van der Waals surface area contributed by atoms with Gasteiger partial charge in [0.25, 0.3) is 0 Å². The van der Waals surface area contributed by atoms with Gasteiger partial charge in [-0.1, -0.05) is 0 Å². The van der Waals surface area contributed by atoms with Crippen LogP contribution in [0.5, 0.6) is 0 Å². The molecule has 0 amide bonds. The molecule has 0 aromatic rings. The van der Waals surface area contributed by atoms with Gasteiger partial charge in [0.1, 0.15) is 73.2 Å². The molecule has 0 aromatic carbocycles. The summed E-state index contributed by atoms with van der Waals surface area (Å²) in [4.78, 5) is 0. The van der Waals surface area contributed by atoms with Gasteiger partial charge in [-0.15, -0.1) is 0 Å². The molecule has 2 rings (SSSR count). The zero-order valence-corrected chi connectivity index (χ0v) is 17.9. The van der Waals surface area contributed by atoms with Crippen LogP contribution in [0.25, 0.3) is 0 Å². The van der Waals surface area contributed by atoms with Crippen molar-refractivity contribution in [2.75, 3.05) is 26.4 Å². The molecule has 2 saturated heterocycles. The lowest BCUT2D eigenvalue weighted by molar-refractivity contribution is -0.309. The fourth-order valence-electron chi connectivity index (χ4n) is 3.45. The molecule has 0 spiro atoms. The topological polar surface area (TPSA) is 280 Å². The van der Waals surface area contributed by atoms with Crippen molar-refractivity contribution in [1.29, 1.82) is 0 Å². The SMILES string of the molecule is OC[C@H]1O[C@H](OC[C@@H](O)[C@@H](O)[C@H](O)[C@H](O)COC2O[C@H](CO)[C@@H](O)[C@H](O)[C@H]2O)[C@H](O)[C@@H](O)[C@H]1O. The van der Waals surface area contributed by atoms with Crippen molar-refractivity contribution in [3.05, 3.63) is 0 Å². The Balaban J connectivity index is 1.84. The highest BCUT2D eigenvalue weighted by Crippen LogP contribution is 2.24. The highest BCUT2D eigenvalue weighted by Gasteiger charge is 2.46. The molecule has 1 unspecified atom stereocenters. The molecule has 2 fully saturated rings. The molecule has 2 aliphatic heterocycles. The van der Waals surface area contributed by atoms with Crippen LogP contribution in [0.15, 0.2) is 0 Å². The molecule has 12 N–H and O–H groups in total. The largest absolute Gasteiger partial charge is 0.394 e. The molecule has 0 saturated carbocycles. The first-order valence-corrected chi connectivity index (χ1v) is 10.5. The third-order valence-corrected chi connectivity index (χ3v) is 5.70. The Kier molecular flexibility index (Phi) is 11.4. The minimum atomic E-state index is -2.03. The third-order valence-electron chi connectivity index (χ3n) is 5.70. The lowest BCUT2D eigenvalue weighted by Gasteiger charge is -2.40. The van der Waals surface area contributed by atoms with Gasteiger partial charge in [-0.2, -0.15) is 0 Å². The average Bonchev–Trinajstić information content (AvgIpc) is 2.83. The molecule has 16 nitrogen and oxygen atoms in total. The van der Waals surface area contributed by atoms with Crippen molar-refractivity contribution < 1.29 is 80.2 Å². The second-order valence-corrected chi connectivity index (χ2v) is 8.18. The van der Waals surface area contributed by atoms with Gasteiger partial charge in [-0.05, 0) is 0 Å². The minimum Gasteiger partial charge on any atom is -0.394 e. The zero-order chi connectivity index (χ0) is 25.7. The van der Waals surface area contributed by atoms with Crippen LogP contribution < -0.4 is 0 Å². The number of aliphatic hydroxyl groups excluding tert-OH is 12. The van der Waals surface area contributed by atoms with E-state index in [1.54, 1.807) is 0 Å². The Morgan fingerprint density at radius 3 is 1.15 bits per heavy atom. The monoisotopic (exact) mass is 506 g/mol. The minimum absolute atomic E-state index is 0.713. The molecule has 202 valence electrons. The molecule has 2 aliphatic rings. The fraction of sp³-hybridized carbons (Fsp3) is 1.00. The van der Waals surface area contributed by atoms with Crippen molar-refractivity contribution in [3.8, 4) is 0 Å². The number of hydrogen-bond donors (Lipinski definition) is 12. The summed E-state index contributed by atoms with van der Waals surface area (Å²) < 4.78 is 20.3. The van der Waals surface area contributed by atoms with Gasteiger partial charge in [0.15, 0.2) is 12.6 Å².